The first kappa shape index (κ1) is 11.3. The van der Waals surface area contributed by atoms with Crippen LogP contribution in [0.5, 0.6) is 0 Å². The Kier molecular flexibility index (Phi) is 2.91. The Morgan fingerprint density at radius 3 is 2.94 bits per heavy atom. The molecule has 3 N–H and O–H groups in total. The Labute approximate surface area is 100 Å². The summed E-state index contributed by atoms with van der Waals surface area (Å²) in [5, 5.41) is 17.9. The molecule has 9 heteroatoms. The molecule has 2 rings (SSSR count). The molecule has 2 aromatic heterocycles. The topological polar surface area (TPSA) is 112 Å². The first-order valence-corrected chi connectivity index (χ1v) is 5.50. The van der Waals surface area contributed by atoms with Crippen LogP contribution in [0.2, 0.25) is 0 Å². The fourth-order valence-corrected chi connectivity index (χ4v) is 1.86. The van der Waals surface area contributed by atoms with E-state index in [1.165, 1.54) is 6.20 Å². The van der Waals surface area contributed by atoms with Crippen molar-refractivity contribution in [2.24, 2.45) is 7.05 Å². The van der Waals surface area contributed by atoms with Gasteiger partial charge < -0.3 is 11.1 Å². The van der Waals surface area contributed by atoms with E-state index in [0.717, 1.165) is 16.9 Å². The average Bonchev–Trinajstić information content (AvgIpc) is 2.86. The number of aromatic nitrogens is 3. The number of nitrogens with zero attached hydrogens (tertiary/aromatic N) is 4. The molecule has 0 spiro atoms. The molecule has 0 saturated carbocycles. The van der Waals surface area contributed by atoms with Gasteiger partial charge in [-0.3, -0.25) is 14.8 Å². The lowest BCUT2D eigenvalue weighted by Gasteiger charge is -2.01. The van der Waals surface area contributed by atoms with Gasteiger partial charge in [-0.15, -0.1) is 0 Å². The van der Waals surface area contributed by atoms with Crippen molar-refractivity contribution in [1.29, 1.82) is 0 Å². The van der Waals surface area contributed by atoms with E-state index in [4.69, 9.17) is 5.73 Å². The number of nitrogens with two attached hydrogens (primary N) is 1. The average molecular weight is 254 g/mol. The molecule has 0 aliphatic rings. The largest absolute Gasteiger partial charge is 0.384 e. The highest BCUT2D eigenvalue weighted by atomic mass is 32.1. The maximum absolute atomic E-state index is 10.5. The quantitative estimate of drug-likeness (QED) is 0.621. The third-order valence-electron chi connectivity index (χ3n) is 2.17. The number of nitrogen functional groups attached to an aromatic ring is 1. The van der Waals surface area contributed by atoms with Crippen LogP contribution in [0.1, 0.15) is 5.56 Å². The fraction of sp³-hybridized carbons (Fsp3) is 0.250. The molecule has 8 nitrogen and oxygen atoms in total. The van der Waals surface area contributed by atoms with E-state index >= 15 is 0 Å². The van der Waals surface area contributed by atoms with Crippen LogP contribution in [-0.2, 0) is 13.6 Å². The smallest absolute Gasteiger partial charge is 0.345 e. The van der Waals surface area contributed by atoms with Crippen molar-refractivity contribution in [2.45, 2.75) is 6.54 Å². The SMILES string of the molecule is Cn1ncc(CNc2ncc([N+](=O)[O-])s2)c1N. The zero-order valence-corrected chi connectivity index (χ0v) is 9.77. The van der Waals surface area contributed by atoms with Crippen molar-refractivity contribution < 1.29 is 4.92 Å². The number of hydrogen-bond acceptors (Lipinski definition) is 7. The minimum atomic E-state index is -0.471. The normalized spacial score (nSPS) is 10.4. The summed E-state index contributed by atoms with van der Waals surface area (Å²) < 4.78 is 1.56. The number of nitrogens with one attached hydrogen (secondary N) is 1. The Hall–Kier alpha value is -2.16. The lowest BCUT2D eigenvalue weighted by atomic mass is 10.3. The molecular formula is C8H10N6O2S. The van der Waals surface area contributed by atoms with Crippen molar-refractivity contribution in [3.63, 3.8) is 0 Å². The van der Waals surface area contributed by atoms with E-state index < -0.39 is 4.92 Å². The van der Waals surface area contributed by atoms with E-state index in [0.29, 0.717) is 17.5 Å². The fourth-order valence-electron chi connectivity index (χ4n) is 1.23. The zero-order valence-electron chi connectivity index (χ0n) is 8.95. The molecule has 0 saturated heterocycles. The summed E-state index contributed by atoms with van der Waals surface area (Å²) in [5.74, 6) is 0.559. The number of nitro groups is 1. The first-order valence-electron chi connectivity index (χ1n) is 4.68. The number of thiazole rings is 1. The van der Waals surface area contributed by atoms with Crippen LogP contribution in [0.3, 0.4) is 0 Å². The lowest BCUT2D eigenvalue weighted by molar-refractivity contribution is -0.380. The Bertz CT molecular complexity index is 548. The van der Waals surface area contributed by atoms with Crippen molar-refractivity contribution in [3.8, 4) is 0 Å². The molecule has 0 bridgehead atoms. The second kappa shape index (κ2) is 4.37. The summed E-state index contributed by atoms with van der Waals surface area (Å²) in [6, 6.07) is 0. The Morgan fingerprint density at radius 2 is 2.41 bits per heavy atom. The van der Waals surface area contributed by atoms with Gasteiger partial charge in [0.25, 0.3) is 0 Å². The van der Waals surface area contributed by atoms with Crippen molar-refractivity contribution in [1.82, 2.24) is 14.8 Å². The van der Waals surface area contributed by atoms with E-state index in [2.05, 4.69) is 15.4 Å². The van der Waals surface area contributed by atoms with E-state index in [-0.39, 0.29) is 5.00 Å². The van der Waals surface area contributed by atoms with Gasteiger partial charge in [0.1, 0.15) is 12.0 Å². The monoisotopic (exact) mass is 254 g/mol. The van der Waals surface area contributed by atoms with E-state index in [1.54, 1.807) is 17.9 Å². The van der Waals surface area contributed by atoms with Gasteiger partial charge in [-0.2, -0.15) is 5.10 Å². The number of anilines is 2. The number of hydrogen-bond donors (Lipinski definition) is 2. The predicted octanol–water partition coefficient (Wildman–Crippen LogP) is 0.979. The minimum Gasteiger partial charge on any atom is -0.384 e. The van der Waals surface area contributed by atoms with Gasteiger partial charge in [-0.25, -0.2) is 4.98 Å². The van der Waals surface area contributed by atoms with Crippen LogP contribution in [-0.4, -0.2) is 19.7 Å². The van der Waals surface area contributed by atoms with Gasteiger partial charge in [-0.05, 0) is 11.3 Å². The summed E-state index contributed by atoms with van der Waals surface area (Å²) >= 11 is 0.984. The van der Waals surface area contributed by atoms with Gasteiger partial charge in [0.2, 0.25) is 0 Å². The molecule has 0 amide bonds. The van der Waals surface area contributed by atoms with Crippen LogP contribution in [0.15, 0.2) is 12.4 Å². The Morgan fingerprint density at radius 1 is 1.65 bits per heavy atom. The molecule has 0 aliphatic carbocycles. The van der Waals surface area contributed by atoms with Gasteiger partial charge >= 0.3 is 5.00 Å². The molecule has 0 unspecified atom stereocenters. The van der Waals surface area contributed by atoms with Crippen molar-refractivity contribution in [3.05, 3.63) is 28.1 Å². The van der Waals surface area contributed by atoms with Crippen molar-refractivity contribution >= 4 is 27.3 Å². The molecule has 0 aliphatic heterocycles. The third kappa shape index (κ3) is 2.33. The minimum absolute atomic E-state index is 0.00617. The van der Waals surface area contributed by atoms with Gasteiger partial charge in [0.15, 0.2) is 5.13 Å². The Balaban J connectivity index is 2.02. The lowest BCUT2D eigenvalue weighted by Crippen LogP contribution is -2.03. The van der Waals surface area contributed by atoms with Gasteiger partial charge in [0, 0.05) is 19.2 Å². The molecule has 0 fully saturated rings. The summed E-state index contributed by atoms with van der Waals surface area (Å²) in [4.78, 5) is 13.9. The standard InChI is InChI=1S/C8H10N6O2S/c1-13-7(9)5(3-12-13)2-10-8-11-4-6(17-8)14(15)16/h3-4H,2,9H2,1H3,(H,10,11). The highest BCUT2D eigenvalue weighted by Crippen LogP contribution is 2.25. The van der Waals surface area contributed by atoms with E-state index in [1.807, 2.05) is 0 Å². The second-order valence-corrected chi connectivity index (χ2v) is 4.30. The second-order valence-electron chi connectivity index (χ2n) is 3.29. The molecular weight excluding hydrogens is 244 g/mol. The summed E-state index contributed by atoms with van der Waals surface area (Å²) in [6.07, 6.45) is 2.87. The number of aryl methyl sites for hydroxylation is 1. The summed E-state index contributed by atoms with van der Waals surface area (Å²) in [7, 11) is 1.74. The summed E-state index contributed by atoms with van der Waals surface area (Å²) in [6.45, 7) is 0.435. The first-order chi connectivity index (χ1) is 8.08. The molecule has 0 radical (unpaired) electrons. The van der Waals surface area contributed by atoms with Crippen LogP contribution in [0.4, 0.5) is 16.0 Å². The van der Waals surface area contributed by atoms with Crippen LogP contribution >= 0.6 is 11.3 Å². The highest BCUT2D eigenvalue weighted by molar-refractivity contribution is 7.18. The molecule has 2 heterocycles. The van der Waals surface area contributed by atoms with Gasteiger partial charge in [0.05, 0.1) is 11.1 Å². The maximum Gasteiger partial charge on any atom is 0.345 e. The highest BCUT2D eigenvalue weighted by Gasteiger charge is 2.11. The van der Waals surface area contributed by atoms with Gasteiger partial charge in [-0.1, -0.05) is 0 Å². The molecule has 90 valence electrons. The molecule has 2 aromatic rings. The maximum atomic E-state index is 10.5. The molecule has 17 heavy (non-hydrogen) atoms. The van der Waals surface area contributed by atoms with Crippen molar-refractivity contribution in [2.75, 3.05) is 11.1 Å². The molecule has 0 atom stereocenters. The predicted molar refractivity (Wildman–Crippen MR) is 63.7 cm³/mol. The zero-order chi connectivity index (χ0) is 12.4. The van der Waals surface area contributed by atoms with Crippen LogP contribution < -0.4 is 11.1 Å². The number of rotatable bonds is 4. The molecule has 0 aromatic carbocycles. The van der Waals surface area contributed by atoms with E-state index in [9.17, 15) is 10.1 Å². The third-order valence-corrected chi connectivity index (χ3v) is 3.07. The van der Waals surface area contributed by atoms with Crippen LogP contribution in [0, 0.1) is 10.1 Å². The summed E-state index contributed by atoms with van der Waals surface area (Å²) in [5.41, 5.74) is 6.58. The van der Waals surface area contributed by atoms with Crippen LogP contribution in [0.25, 0.3) is 0 Å².